The molecule has 0 heterocycles. The molecule has 0 spiro atoms. The number of anilines is 3. The average Bonchev–Trinajstić information content (AvgIpc) is 3.59. The van der Waals surface area contributed by atoms with Crippen LogP contribution in [0.15, 0.2) is 195 Å². The van der Waals surface area contributed by atoms with Gasteiger partial charge in [0.05, 0.1) is 0 Å². The van der Waals surface area contributed by atoms with Crippen LogP contribution in [0.4, 0.5) is 17.1 Å². The molecule has 2 unspecified atom stereocenters. The summed E-state index contributed by atoms with van der Waals surface area (Å²) in [6.07, 6.45) is 12.8. The van der Waals surface area contributed by atoms with Crippen LogP contribution in [0.1, 0.15) is 72.9 Å². The lowest BCUT2D eigenvalue weighted by Gasteiger charge is -2.31. The normalized spacial score (nSPS) is 18.4. The Balaban J connectivity index is 1.10. The Morgan fingerprint density at radius 1 is 0.600 bits per heavy atom. The summed E-state index contributed by atoms with van der Waals surface area (Å²) in [6.45, 7) is 17.5. The zero-order valence-corrected chi connectivity index (χ0v) is 32.3. The van der Waals surface area contributed by atoms with Gasteiger partial charge in [0.25, 0.3) is 0 Å². The van der Waals surface area contributed by atoms with Gasteiger partial charge in [-0.15, -0.1) is 0 Å². The molecule has 3 aliphatic rings. The molecule has 3 aliphatic carbocycles. The molecule has 1 heteroatoms. The largest absolute Gasteiger partial charge is 0.310 e. The Kier molecular flexibility index (Phi) is 8.35. The van der Waals surface area contributed by atoms with Crippen LogP contribution in [0.25, 0.3) is 27.8 Å². The second-order valence-electron chi connectivity index (χ2n) is 16.2. The van der Waals surface area contributed by atoms with E-state index in [9.17, 15) is 0 Å². The number of hydrogen-bond donors (Lipinski definition) is 0. The van der Waals surface area contributed by atoms with E-state index in [0.717, 1.165) is 28.2 Å². The highest BCUT2D eigenvalue weighted by molar-refractivity contribution is 5.87. The number of nitrogens with zero attached hydrogens (tertiary/aromatic N) is 1. The van der Waals surface area contributed by atoms with Crippen molar-refractivity contribution in [2.75, 3.05) is 4.90 Å². The highest BCUT2D eigenvalue weighted by Crippen LogP contribution is 2.60. The van der Waals surface area contributed by atoms with E-state index in [1.807, 2.05) is 12.2 Å². The lowest BCUT2D eigenvalue weighted by molar-refractivity contribution is 0.589. The molecule has 0 saturated heterocycles. The Bertz CT molecular complexity index is 2540. The zero-order valence-electron chi connectivity index (χ0n) is 32.3. The van der Waals surface area contributed by atoms with Crippen LogP contribution in [-0.4, -0.2) is 0 Å². The highest BCUT2D eigenvalue weighted by atomic mass is 15.1. The van der Waals surface area contributed by atoms with Crippen molar-refractivity contribution in [3.8, 4) is 22.3 Å². The third-order valence-corrected chi connectivity index (χ3v) is 12.5. The van der Waals surface area contributed by atoms with Gasteiger partial charge in [0.2, 0.25) is 0 Å². The molecule has 1 nitrogen and oxygen atoms in total. The molecule has 0 amide bonds. The maximum Gasteiger partial charge on any atom is 0.0465 e. The van der Waals surface area contributed by atoms with Crippen molar-refractivity contribution in [2.24, 2.45) is 0 Å². The van der Waals surface area contributed by atoms with E-state index in [1.165, 1.54) is 55.6 Å². The van der Waals surface area contributed by atoms with Crippen molar-refractivity contribution < 1.29 is 0 Å². The van der Waals surface area contributed by atoms with Gasteiger partial charge in [-0.25, -0.2) is 0 Å². The Morgan fingerprint density at radius 2 is 1.22 bits per heavy atom. The maximum atomic E-state index is 3.97. The third kappa shape index (κ3) is 5.61. The first kappa shape index (κ1) is 34.6. The van der Waals surface area contributed by atoms with Crippen molar-refractivity contribution in [2.45, 2.75) is 50.4 Å². The minimum atomic E-state index is -0.163. The standard InChI is InChI=1S/C54H47N/c1-7-16-36(8-2)37-23-25-38(26-24-37)39-27-29-42(30-28-39)55(41-19-13-10-14-20-41)43-31-32-45-46-34-51-47(35-50(46)54(5,6)49(45)33-43)52-44(40-17-11-9-12-18-40)21-15-22-48(52)53(51,3)4/h7-35,44,52H,1-2H2,3-6H3/b36-16+. The van der Waals surface area contributed by atoms with E-state index < -0.39 is 0 Å². The van der Waals surface area contributed by atoms with Gasteiger partial charge in [-0.05, 0) is 104 Å². The van der Waals surface area contributed by atoms with E-state index in [1.54, 1.807) is 6.08 Å². The van der Waals surface area contributed by atoms with E-state index >= 15 is 0 Å². The molecular formula is C54H47N. The van der Waals surface area contributed by atoms with Gasteiger partial charge in [0.1, 0.15) is 0 Å². The predicted molar refractivity (Wildman–Crippen MR) is 235 cm³/mol. The third-order valence-electron chi connectivity index (χ3n) is 12.5. The molecular weight excluding hydrogens is 663 g/mol. The maximum absolute atomic E-state index is 3.97. The highest BCUT2D eigenvalue weighted by Gasteiger charge is 2.48. The molecule has 0 radical (unpaired) electrons. The fraction of sp³-hybridized carbons (Fsp3) is 0.148. The predicted octanol–water partition coefficient (Wildman–Crippen LogP) is 14.5. The van der Waals surface area contributed by atoms with Gasteiger partial charge in [-0.3, -0.25) is 0 Å². The molecule has 9 rings (SSSR count). The van der Waals surface area contributed by atoms with Crippen LogP contribution in [0.3, 0.4) is 0 Å². The molecule has 0 N–H and O–H groups in total. The van der Waals surface area contributed by atoms with E-state index in [0.29, 0.717) is 11.8 Å². The molecule has 0 aliphatic heterocycles. The lowest BCUT2D eigenvalue weighted by atomic mass is 9.73. The lowest BCUT2D eigenvalue weighted by Crippen LogP contribution is -2.20. The summed E-state index contributed by atoms with van der Waals surface area (Å²) in [5.74, 6) is 0.666. The monoisotopic (exact) mass is 709 g/mol. The number of benzene rings is 6. The molecule has 6 aromatic rings. The van der Waals surface area contributed by atoms with Crippen molar-refractivity contribution >= 4 is 22.6 Å². The minimum Gasteiger partial charge on any atom is -0.310 e. The van der Waals surface area contributed by atoms with Crippen LogP contribution in [0.2, 0.25) is 0 Å². The van der Waals surface area contributed by atoms with Gasteiger partial charge in [-0.1, -0.05) is 180 Å². The van der Waals surface area contributed by atoms with E-state index in [-0.39, 0.29) is 10.8 Å². The van der Waals surface area contributed by atoms with Gasteiger partial charge in [0.15, 0.2) is 0 Å². The van der Waals surface area contributed by atoms with Gasteiger partial charge < -0.3 is 4.90 Å². The molecule has 2 atom stereocenters. The Hall–Kier alpha value is -6.18. The minimum absolute atomic E-state index is 0.0466. The summed E-state index contributed by atoms with van der Waals surface area (Å²) in [5.41, 5.74) is 19.2. The fourth-order valence-corrected chi connectivity index (χ4v) is 9.59. The second kappa shape index (κ2) is 13.3. The number of allylic oxidation sites excluding steroid dienone is 8. The number of rotatable bonds is 8. The summed E-state index contributed by atoms with van der Waals surface area (Å²) in [6, 6.07) is 51.7. The summed E-state index contributed by atoms with van der Waals surface area (Å²) >= 11 is 0. The smallest absolute Gasteiger partial charge is 0.0465 e. The van der Waals surface area contributed by atoms with Crippen molar-refractivity contribution in [3.63, 3.8) is 0 Å². The Labute approximate surface area is 327 Å². The molecule has 0 bridgehead atoms. The summed E-state index contributed by atoms with van der Waals surface area (Å²) in [5, 5.41) is 0. The quantitative estimate of drug-likeness (QED) is 0.142. The summed E-state index contributed by atoms with van der Waals surface area (Å²) in [7, 11) is 0. The molecule has 55 heavy (non-hydrogen) atoms. The van der Waals surface area contributed by atoms with Gasteiger partial charge in [0, 0.05) is 39.7 Å². The molecule has 0 saturated carbocycles. The van der Waals surface area contributed by atoms with E-state index in [2.05, 4.69) is 204 Å². The number of hydrogen-bond acceptors (Lipinski definition) is 1. The molecule has 0 aromatic heterocycles. The van der Waals surface area contributed by atoms with Crippen LogP contribution >= 0.6 is 0 Å². The first-order valence-corrected chi connectivity index (χ1v) is 19.5. The average molecular weight is 710 g/mol. The number of para-hydroxylation sites is 1. The zero-order chi connectivity index (χ0) is 37.9. The Morgan fingerprint density at radius 3 is 1.89 bits per heavy atom. The topological polar surface area (TPSA) is 3.24 Å². The SMILES string of the molecule is C=C/C=C(\C=C)c1ccc(-c2ccc(N(c3ccccc3)c3ccc4c(c3)C(C)(C)c3cc5c(cc3-4)C(C)(C)C3=CC=CC(c4ccccc4)C35)cc2)cc1. The molecule has 268 valence electrons. The number of fused-ring (bicyclic) bond motifs is 6. The van der Waals surface area contributed by atoms with Gasteiger partial charge in [-0.2, -0.15) is 0 Å². The van der Waals surface area contributed by atoms with Gasteiger partial charge >= 0.3 is 0 Å². The first-order chi connectivity index (χ1) is 26.7. The van der Waals surface area contributed by atoms with Crippen LogP contribution in [0, 0.1) is 0 Å². The van der Waals surface area contributed by atoms with Crippen molar-refractivity contribution in [1.82, 2.24) is 0 Å². The van der Waals surface area contributed by atoms with Crippen LogP contribution in [-0.2, 0) is 10.8 Å². The van der Waals surface area contributed by atoms with Crippen molar-refractivity contribution in [3.05, 3.63) is 228 Å². The van der Waals surface area contributed by atoms with E-state index in [4.69, 9.17) is 0 Å². The summed E-state index contributed by atoms with van der Waals surface area (Å²) < 4.78 is 0. The summed E-state index contributed by atoms with van der Waals surface area (Å²) in [4.78, 5) is 2.39. The van der Waals surface area contributed by atoms with Crippen LogP contribution in [0.5, 0.6) is 0 Å². The fourth-order valence-electron chi connectivity index (χ4n) is 9.59. The van der Waals surface area contributed by atoms with Crippen LogP contribution < -0.4 is 4.90 Å². The van der Waals surface area contributed by atoms with Crippen molar-refractivity contribution in [1.29, 1.82) is 0 Å². The molecule has 0 fully saturated rings. The first-order valence-electron chi connectivity index (χ1n) is 19.5. The molecule has 6 aromatic carbocycles. The second-order valence-corrected chi connectivity index (χ2v) is 16.2.